The van der Waals surface area contributed by atoms with Crippen LogP contribution in [0.15, 0.2) is 48.8 Å². The zero-order valence-electron chi connectivity index (χ0n) is 14.5. The molecule has 0 bridgehead atoms. The molecule has 26 heavy (non-hydrogen) atoms. The first-order chi connectivity index (χ1) is 12.4. The standard InChI is InChI=1S/C19H21ClN2O3S/c1-22(17-8-10-26(24,25)13-17)19(23)18(11-14-3-2-9-21-12-14)15-4-6-16(20)7-5-15/h2-7,9,12,17-18H,8,10-11,13H2,1H3. The zero-order chi connectivity index (χ0) is 18.7. The third-order valence-corrected chi connectivity index (χ3v) is 6.84. The van der Waals surface area contributed by atoms with Gasteiger partial charge in [0.05, 0.1) is 17.4 Å². The number of hydrogen-bond acceptors (Lipinski definition) is 4. The summed E-state index contributed by atoms with van der Waals surface area (Å²) in [4.78, 5) is 18.9. The number of hydrogen-bond donors (Lipinski definition) is 0. The van der Waals surface area contributed by atoms with Gasteiger partial charge in [0.15, 0.2) is 9.84 Å². The Morgan fingerprint density at radius 3 is 2.62 bits per heavy atom. The number of benzene rings is 1. The summed E-state index contributed by atoms with van der Waals surface area (Å²) in [6.45, 7) is 0. The van der Waals surface area contributed by atoms with Crippen LogP contribution in [0.3, 0.4) is 0 Å². The van der Waals surface area contributed by atoms with Gasteiger partial charge in [-0.15, -0.1) is 0 Å². The molecule has 0 saturated carbocycles. The number of carbonyl (C=O) groups excluding carboxylic acids is 1. The van der Waals surface area contributed by atoms with Gasteiger partial charge in [-0.25, -0.2) is 8.42 Å². The molecule has 3 rings (SSSR count). The molecule has 1 fully saturated rings. The van der Waals surface area contributed by atoms with E-state index in [2.05, 4.69) is 4.98 Å². The summed E-state index contributed by atoms with van der Waals surface area (Å²) in [5, 5.41) is 0.608. The summed E-state index contributed by atoms with van der Waals surface area (Å²) in [6, 6.07) is 10.7. The Bertz CT molecular complexity index is 869. The first-order valence-electron chi connectivity index (χ1n) is 8.47. The van der Waals surface area contributed by atoms with Gasteiger partial charge in [-0.2, -0.15) is 0 Å². The summed E-state index contributed by atoms with van der Waals surface area (Å²) in [5.74, 6) is -0.318. The Labute approximate surface area is 158 Å². The number of amides is 1. The van der Waals surface area contributed by atoms with Crippen LogP contribution in [-0.2, 0) is 21.1 Å². The zero-order valence-corrected chi connectivity index (χ0v) is 16.1. The number of rotatable bonds is 5. The van der Waals surface area contributed by atoms with Crippen LogP contribution in [0, 0.1) is 0 Å². The number of sulfone groups is 1. The maximum Gasteiger partial charge on any atom is 0.230 e. The molecule has 1 saturated heterocycles. The Morgan fingerprint density at radius 1 is 1.31 bits per heavy atom. The molecular weight excluding hydrogens is 372 g/mol. The third kappa shape index (κ3) is 4.43. The van der Waals surface area contributed by atoms with Crippen LogP contribution in [-0.4, -0.2) is 48.8 Å². The van der Waals surface area contributed by atoms with Crippen molar-refractivity contribution in [3.63, 3.8) is 0 Å². The normalized spacial score (nSPS) is 19.8. The van der Waals surface area contributed by atoms with Gasteiger partial charge in [-0.05, 0) is 42.2 Å². The van der Waals surface area contributed by atoms with Crippen molar-refractivity contribution in [2.75, 3.05) is 18.6 Å². The second-order valence-electron chi connectivity index (χ2n) is 6.68. The average Bonchev–Trinajstić information content (AvgIpc) is 3.00. The minimum atomic E-state index is -3.05. The molecule has 2 aromatic rings. The monoisotopic (exact) mass is 392 g/mol. The predicted octanol–water partition coefficient (Wildman–Crippen LogP) is 2.71. The van der Waals surface area contributed by atoms with E-state index < -0.39 is 15.8 Å². The maximum atomic E-state index is 13.2. The average molecular weight is 393 g/mol. The number of aromatic nitrogens is 1. The first-order valence-corrected chi connectivity index (χ1v) is 10.7. The van der Waals surface area contributed by atoms with Crippen LogP contribution < -0.4 is 0 Å². The van der Waals surface area contributed by atoms with Crippen molar-refractivity contribution < 1.29 is 13.2 Å². The summed E-state index contributed by atoms with van der Waals surface area (Å²) in [7, 11) is -1.36. The summed E-state index contributed by atoms with van der Waals surface area (Å²) >= 11 is 5.98. The van der Waals surface area contributed by atoms with E-state index in [1.165, 1.54) is 0 Å². The molecule has 7 heteroatoms. The molecule has 5 nitrogen and oxygen atoms in total. The van der Waals surface area contributed by atoms with Gasteiger partial charge in [0.1, 0.15) is 0 Å². The first kappa shape index (κ1) is 18.9. The molecule has 0 aliphatic carbocycles. The number of halogens is 1. The van der Waals surface area contributed by atoms with E-state index in [1.54, 1.807) is 36.5 Å². The van der Waals surface area contributed by atoms with Gasteiger partial charge in [-0.3, -0.25) is 9.78 Å². The SMILES string of the molecule is CN(C(=O)C(Cc1cccnc1)c1ccc(Cl)cc1)C1CCS(=O)(=O)C1. The van der Waals surface area contributed by atoms with Crippen LogP contribution in [0.5, 0.6) is 0 Å². The van der Waals surface area contributed by atoms with Crippen molar-refractivity contribution in [3.8, 4) is 0 Å². The number of pyridine rings is 1. The lowest BCUT2D eigenvalue weighted by molar-refractivity contribution is -0.133. The van der Waals surface area contributed by atoms with Crippen LogP contribution in [0.2, 0.25) is 5.02 Å². The van der Waals surface area contributed by atoms with Gasteiger partial charge < -0.3 is 4.90 Å². The van der Waals surface area contributed by atoms with Crippen molar-refractivity contribution in [2.24, 2.45) is 0 Å². The molecule has 1 aliphatic rings. The van der Waals surface area contributed by atoms with Crippen molar-refractivity contribution in [3.05, 3.63) is 64.9 Å². The smallest absolute Gasteiger partial charge is 0.230 e. The van der Waals surface area contributed by atoms with Gasteiger partial charge >= 0.3 is 0 Å². The highest BCUT2D eigenvalue weighted by molar-refractivity contribution is 7.91. The van der Waals surface area contributed by atoms with Crippen molar-refractivity contribution in [1.82, 2.24) is 9.88 Å². The fourth-order valence-electron chi connectivity index (χ4n) is 3.30. The largest absolute Gasteiger partial charge is 0.341 e. The Kier molecular flexibility index (Phi) is 5.63. The molecule has 0 N–H and O–H groups in total. The molecule has 1 aromatic carbocycles. The summed E-state index contributed by atoms with van der Waals surface area (Å²) < 4.78 is 23.6. The van der Waals surface area contributed by atoms with E-state index in [-0.39, 0.29) is 23.5 Å². The molecule has 1 aromatic heterocycles. The minimum Gasteiger partial charge on any atom is -0.341 e. The van der Waals surface area contributed by atoms with E-state index in [9.17, 15) is 13.2 Å². The highest BCUT2D eigenvalue weighted by atomic mass is 35.5. The minimum absolute atomic E-state index is 0.0372. The van der Waals surface area contributed by atoms with Crippen molar-refractivity contribution >= 4 is 27.3 Å². The van der Waals surface area contributed by atoms with E-state index in [0.717, 1.165) is 11.1 Å². The maximum absolute atomic E-state index is 13.2. The quantitative estimate of drug-likeness (QED) is 0.784. The molecule has 0 radical (unpaired) electrons. The topological polar surface area (TPSA) is 67.3 Å². The molecule has 2 unspecified atom stereocenters. The Morgan fingerprint density at radius 2 is 2.04 bits per heavy atom. The van der Waals surface area contributed by atoms with Crippen LogP contribution in [0.25, 0.3) is 0 Å². The van der Waals surface area contributed by atoms with Gasteiger partial charge in [0.25, 0.3) is 0 Å². The second-order valence-corrected chi connectivity index (χ2v) is 9.34. The second kappa shape index (κ2) is 7.76. The molecular formula is C19H21ClN2O3S. The Hall–Kier alpha value is -1.92. The van der Waals surface area contributed by atoms with Gasteiger partial charge in [0.2, 0.25) is 5.91 Å². The lowest BCUT2D eigenvalue weighted by atomic mass is 9.91. The van der Waals surface area contributed by atoms with Crippen LogP contribution >= 0.6 is 11.6 Å². The van der Waals surface area contributed by atoms with E-state index >= 15 is 0 Å². The van der Waals surface area contributed by atoms with Crippen LogP contribution in [0.1, 0.15) is 23.5 Å². The molecule has 0 spiro atoms. The van der Waals surface area contributed by atoms with Crippen LogP contribution in [0.4, 0.5) is 0 Å². The lowest BCUT2D eigenvalue weighted by Gasteiger charge is -2.28. The molecule has 2 heterocycles. The number of likely N-dealkylation sites (N-methyl/N-ethyl adjacent to an activating group) is 1. The van der Waals surface area contributed by atoms with E-state index in [0.29, 0.717) is 17.9 Å². The van der Waals surface area contributed by atoms with E-state index in [1.807, 2.05) is 24.3 Å². The highest BCUT2D eigenvalue weighted by Crippen LogP contribution is 2.27. The predicted molar refractivity (Wildman–Crippen MR) is 102 cm³/mol. The van der Waals surface area contributed by atoms with Gasteiger partial charge in [0, 0.05) is 30.5 Å². The Balaban J connectivity index is 1.86. The molecule has 1 amide bonds. The fraction of sp³-hybridized carbons (Fsp3) is 0.368. The van der Waals surface area contributed by atoms with Crippen molar-refractivity contribution in [1.29, 1.82) is 0 Å². The number of nitrogens with zero attached hydrogens (tertiary/aromatic N) is 2. The molecule has 2 atom stereocenters. The highest BCUT2D eigenvalue weighted by Gasteiger charge is 2.35. The molecule has 1 aliphatic heterocycles. The van der Waals surface area contributed by atoms with Crippen molar-refractivity contribution in [2.45, 2.75) is 24.8 Å². The fourth-order valence-corrected chi connectivity index (χ4v) is 5.20. The molecule has 138 valence electrons. The van der Waals surface area contributed by atoms with Gasteiger partial charge in [-0.1, -0.05) is 29.8 Å². The third-order valence-electron chi connectivity index (χ3n) is 4.84. The lowest BCUT2D eigenvalue weighted by Crippen LogP contribution is -2.41. The number of carbonyl (C=O) groups is 1. The van der Waals surface area contributed by atoms with E-state index in [4.69, 9.17) is 11.6 Å². The summed E-state index contributed by atoms with van der Waals surface area (Å²) in [6.07, 6.45) is 4.43. The summed E-state index contributed by atoms with van der Waals surface area (Å²) in [5.41, 5.74) is 1.81.